The van der Waals surface area contributed by atoms with Gasteiger partial charge in [-0.15, -0.1) is 0 Å². The highest BCUT2D eigenvalue weighted by Crippen LogP contribution is 2.36. The van der Waals surface area contributed by atoms with Gasteiger partial charge in [0, 0.05) is 55.0 Å². The van der Waals surface area contributed by atoms with Crippen molar-refractivity contribution >= 4 is 37.6 Å². The number of aromatic nitrogens is 3. The van der Waals surface area contributed by atoms with E-state index in [1.807, 2.05) is 18.3 Å². The van der Waals surface area contributed by atoms with E-state index in [9.17, 15) is 21.6 Å². The van der Waals surface area contributed by atoms with Crippen molar-refractivity contribution in [2.45, 2.75) is 31.9 Å². The summed E-state index contributed by atoms with van der Waals surface area (Å²) in [5.41, 5.74) is 2.64. The molecule has 1 N–H and O–H groups in total. The number of fused-ring (bicyclic) bond motifs is 3. The second kappa shape index (κ2) is 8.43. The number of nitrogens with zero attached hydrogens (tertiary/aromatic N) is 4. The van der Waals surface area contributed by atoms with Crippen LogP contribution in [0, 0.1) is 11.8 Å². The molecule has 7 nitrogen and oxygen atoms in total. The molecular weight excluding hydrogens is 455 g/mol. The van der Waals surface area contributed by atoms with Gasteiger partial charge in [-0.25, -0.2) is 22.7 Å². The second-order valence-electron chi connectivity index (χ2n) is 9.04. The third kappa shape index (κ3) is 4.40. The molecule has 1 atom stereocenters. The Labute approximate surface area is 190 Å². The first-order chi connectivity index (χ1) is 15.7. The highest BCUT2D eigenvalue weighted by atomic mass is 32.2. The molecule has 0 bridgehead atoms. The molecule has 1 unspecified atom stereocenters. The number of H-pyrrole nitrogens is 1. The van der Waals surface area contributed by atoms with E-state index in [4.69, 9.17) is 0 Å². The van der Waals surface area contributed by atoms with Crippen molar-refractivity contribution in [3.63, 3.8) is 0 Å². The van der Waals surface area contributed by atoms with Gasteiger partial charge >= 0.3 is 6.18 Å². The maximum Gasteiger partial charge on any atom is 0.393 e. The molecule has 0 saturated carbocycles. The van der Waals surface area contributed by atoms with Gasteiger partial charge in [0.25, 0.3) is 0 Å². The number of hydrogen-bond acceptors (Lipinski definition) is 5. The Bertz CT molecular complexity index is 1250. The molecule has 2 aliphatic heterocycles. The molecule has 3 aromatic rings. The number of halogens is 3. The Morgan fingerprint density at radius 3 is 2.64 bits per heavy atom. The quantitative estimate of drug-likeness (QED) is 0.611. The Morgan fingerprint density at radius 1 is 1.09 bits per heavy atom. The van der Waals surface area contributed by atoms with Crippen molar-refractivity contribution in [2.24, 2.45) is 11.8 Å². The third-order valence-corrected chi connectivity index (χ3v) is 8.92. The standard InChI is InChI=1S/C22H26F3N5O2S/c23-22(24,25)16-2-1-9-30(13-16)33(31,32)14-15-5-10-29(11-6-15)19-4-8-26-18-12-28-21-17(20(18)19)3-7-27-21/h3-4,7-8,12,15-16,26H,1-2,5-6,9-11,13-14H2. The van der Waals surface area contributed by atoms with E-state index in [1.165, 1.54) is 0 Å². The van der Waals surface area contributed by atoms with E-state index in [2.05, 4.69) is 19.9 Å². The third-order valence-electron chi connectivity index (χ3n) is 6.91. The van der Waals surface area contributed by atoms with Crippen LogP contribution in [-0.4, -0.2) is 65.8 Å². The molecule has 0 aliphatic carbocycles. The van der Waals surface area contributed by atoms with Gasteiger partial charge in [-0.1, -0.05) is 0 Å². The van der Waals surface area contributed by atoms with E-state index >= 15 is 0 Å². The Balaban J connectivity index is 1.28. The van der Waals surface area contributed by atoms with Gasteiger partial charge in [0.05, 0.1) is 23.4 Å². The smallest absolute Gasteiger partial charge is 0.371 e. The van der Waals surface area contributed by atoms with Crippen LogP contribution >= 0.6 is 0 Å². The minimum atomic E-state index is -4.35. The van der Waals surface area contributed by atoms with Crippen LogP contribution in [-0.2, 0) is 10.0 Å². The molecule has 0 aromatic carbocycles. The second-order valence-corrected chi connectivity index (χ2v) is 11.1. The highest BCUT2D eigenvalue weighted by Gasteiger charge is 2.44. The minimum Gasteiger partial charge on any atom is -0.371 e. The molecule has 5 heterocycles. The fourth-order valence-electron chi connectivity index (χ4n) is 5.11. The number of sulfonamides is 1. The summed E-state index contributed by atoms with van der Waals surface area (Å²) < 4.78 is 66.2. The Hall–Kier alpha value is -2.40. The summed E-state index contributed by atoms with van der Waals surface area (Å²) in [7, 11) is -3.72. The van der Waals surface area contributed by atoms with E-state index < -0.39 is 28.7 Å². The molecule has 11 heteroatoms. The molecule has 178 valence electrons. The monoisotopic (exact) mass is 481 g/mol. The summed E-state index contributed by atoms with van der Waals surface area (Å²) in [6.45, 7) is 1.09. The van der Waals surface area contributed by atoms with E-state index in [0.717, 1.165) is 26.3 Å². The molecule has 33 heavy (non-hydrogen) atoms. The molecule has 5 rings (SSSR count). The predicted molar refractivity (Wildman–Crippen MR) is 120 cm³/mol. The van der Waals surface area contributed by atoms with Crippen LogP contribution in [0.1, 0.15) is 25.7 Å². The summed E-state index contributed by atoms with van der Waals surface area (Å²) in [5, 5.41) is 2.01. The topological polar surface area (TPSA) is 82.2 Å². The summed E-state index contributed by atoms with van der Waals surface area (Å²) >= 11 is 0. The number of nitrogens with one attached hydrogen (secondary N) is 1. The molecule has 2 aliphatic rings. The SMILES string of the molecule is O=S(=O)(CC1CCN(c2cc[nH]c3cnc4nccc4c23)CC1)N1CCCC(C(F)(F)F)C1. The molecule has 0 radical (unpaired) electrons. The maximum atomic E-state index is 13.1. The van der Waals surface area contributed by atoms with Crippen molar-refractivity contribution < 1.29 is 21.6 Å². The number of rotatable bonds is 4. The van der Waals surface area contributed by atoms with Crippen molar-refractivity contribution in [3.8, 4) is 0 Å². The highest BCUT2D eigenvalue weighted by molar-refractivity contribution is 7.89. The van der Waals surface area contributed by atoms with Crippen LogP contribution < -0.4 is 4.90 Å². The predicted octanol–water partition coefficient (Wildman–Crippen LogP) is 3.93. The lowest BCUT2D eigenvalue weighted by atomic mass is 9.98. The number of anilines is 1. The van der Waals surface area contributed by atoms with Gasteiger partial charge in [0.1, 0.15) is 0 Å². The molecule has 0 spiro atoms. The van der Waals surface area contributed by atoms with Crippen molar-refractivity contribution in [2.75, 3.05) is 36.8 Å². The van der Waals surface area contributed by atoms with Gasteiger partial charge in [0.2, 0.25) is 10.0 Å². The van der Waals surface area contributed by atoms with Gasteiger partial charge in [-0.3, -0.25) is 0 Å². The van der Waals surface area contributed by atoms with Crippen LogP contribution in [0.3, 0.4) is 0 Å². The first kappa shape index (κ1) is 22.4. The van der Waals surface area contributed by atoms with Crippen LogP contribution in [0.2, 0.25) is 0 Å². The fourth-order valence-corrected chi connectivity index (χ4v) is 7.06. The molecular formula is C22H26F3N5O2S. The summed E-state index contributed by atoms with van der Waals surface area (Å²) in [6, 6.07) is 3.95. The van der Waals surface area contributed by atoms with Gasteiger partial charge in [0.15, 0.2) is 5.65 Å². The molecule has 2 saturated heterocycles. The summed E-state index contributed by atoms with van der Waals surface area (Å²) in [6.07, 6.45) is 2.60. The molecule has 3 aromatic heterocycles. The Kier molecular flexibility index (Phi) is 5.72. The number of alkyl halides is 3. The van der Waals surface area contributed by atoms with E-state index in [1.54, 1.807) is 12.4 Å². The average Bonchev–Trinajstić information content (AvgIpc) is 3.28. The normalized spacial score (nSPS) is 21.8. The van der Waals surface area contributed by atoms with Crippen LogP contribution in [0.5, 0.6) is 0 Å². The summed E-state index contributed by atoms with van der Waals surface area (Å²) in [4.78, 5) is 14.1. The average molecular weight is 482 g/mol. The number of piperidine rings is 2. The lowest BCUT2D eigenvalue weighted by Crippen LogP contribution is -2.47. The lowest BCUT2D eigenvalue weighted by molar-refractivity contribution is -0.182. The zero-order valence-corrected chi connectivity index (χ0v) is 18.9. The minimum absolute atomic E-state index is 0.00192. The van der Waals surface area contributed by atoms with Crippen LogP contribution in [0.25, 0.3) is 21.9 Å². The van der Waals surface area contributed by atoms with E-state index in [0.29, 0.717) is 31.6 Å². The zero-order valence-electron chi connectivity index (χ0n) is 18.1. The Morgan fingerprint density at radius 2 is 1.88 bits per heavy atom. The van der Waals surface area contributed by atoms with Crippen LogP contribution in [0.15, 0.2) is 30.7 Å². The maximum absolute atomic E-state index is 13.1. The van der Waals surface area contributed by atoms with Crippen molar-refractivity contribution in [3.05, 3.63) is 30.7 Å². The first-order valence-electron chi connectivity index (χ1n) is 11.2. The van der Waals surface area contributed by atoms with Crippen molar-refractivity contribution in [1.29, 1.82) is 0 Å². The number of pyridine rings is 2. The van der Waals surface area contributed by atoms with Crippen LogP contribution in [0.4, 0.5) is 18.9 Å². The fraction of sp³-hybridized carbons (Fsp3) is 0.545. The summed E-state index contributed by atoms with van der Waals surface area (Å²) in [5.74, 6) is -1.72. The van der Waals surface area contributed by atoms with Gasteiger partial charge in [-0.05, 0) is 43.7 Å². The molecule has 0 amide bonds. The molecule has 2 fully saturated rings. The van der Waals surface area contributed by atoms with Crippen molar-refractivity contribution in [1.82, 2.24) is 19.3 Å². The lowest BCUT2D eigenvalue weighted by Gasteiger charge is -2.36. The van der Waals surface area contributed by atoms with Gasteiger partial charge in [-0.2, -0.15) is 13.2 Å². The first-order valence-corrected chi connectivity index (χ1v) is 12.8. The zero-order chi connectivity index (χ0) is 23.2. The van der Waals surface area contributed by atoms with E-state index in [-0.39, 0.29) is 31.1 Å². The van der Waals surface area contributed by atoms with Gasteiger partial charge < -0.3 is 9.88 Å². The number of aromatic amines is 1. The number of hydrogen-bond donors (Lipinski definition) is 1. The largest absolute Gasteiger partial charge is 0.393 e.